The van der Waals surface area contributed by atoms with Gasteiger partial charge in [0, 0.05) is 0 Å². The van der Waals surface area contributed by atoms with E-state index < -0.39 is 85.7 Å². The van der Waals surface area contributed by atoms with Crippen molar-refractivity contribution in [3.05, 3.63) is 0 Å². The van der Waals surface area contributed by atoms with Crippen LogP contribution in [0, 0.1) is 0 Å². The summed E-state index contributed by atoms with van der Waals surface area (Å²) in [6.07, 6.45) is 0. The van der Waals surface area contributed by atoms with Crippen LogP contribution in [-0.4, -0.2) is 198 Å². The molecular formula is C6H34B12N2O28Zn. The predicted molar refractivity (Wildman–Crippen MR) is 153 cm³/mol. The fourth-order valence-corrected chi connectivity index (χ4v) is 4.72. The van der Waals surface area contributed by atoms with Crippen LogP contribution in [0.5, 0.6) is 0 Å². The van der Waals surface area contributed by atoms with Gasteiger partial charge in [-0.1, -0.05) is 0 Å². The molecule has 0 atom stereocenters. The number of nitrogens with one attached hydrogen (secondary N) is 2. The van der Waals surface area contributed by atoms with Gasteiger partial charge in [-0.3, -0.25) is 0 Å². The molecule has 0 aliphatic carbocycles. The van der Waals surface area contributed by atoms with E-state index in [2.05, 4.69) is 83.1 Å². The largest absolute Gasteiger partial charge is 2.00 e. The van der Waals surface area contributed by atoms with Crippen LogP contribution >= 0.6 is 0 Å². The molecule has 6 saturated heterocycles. The van der Waals surface area contributed by atoms with E-state index in [0.29, 0.717) is 0 Å². The van der Waals surface area contributed by atoms with E-state index in [9.17, 15) is 60.3 Å². The standard InChI is InChI=1S/C6H16N2.2B6H6O13.2H2O.Zn/c1-7(2)5-6-8(3)4;2*7-1-13-4(10)15-2(8)17-6(12)18-3(9)16-5(11,14-1)19(4)6;;;/h5-6H2,1-4H3;2*7-12H;2*1H2;/q;2*-2;;;+2/p+2. The van der Waals surface area contributed by atoms with Crippen LogP contribution in [-0.2, 0) is 82.6 Å². The van der Waals surface area contributed by atoms with Crippen molar-refractivity contribution in [2.75, 3.05) is 41.3 Å². The normalized spacial score (nSPS) is 38.6. The third-order valence-electron chi connectivity index (χ3n) is 6.65. The molecule has 0 bridgehead atoms. The molecule has 43 heteroatoms. The second-order valence-electron chi connectivity index (χ2n) is 10.8. The zero-order valence-corrected chi connectivity index (χ0v) is 29.1. The predicted octanol–water partition coefficient (Wildman–Crippen LogP) is -16.6. The first-order valence-electron chi connectivity index (χ1n) is 13.4. The number of hydrogen-bond acceptors (Lipinski definition) is 24. The van der Waals surface area contributed by atoms with Gasteiger partial charge in [0.2, 0.25) is 0 Å². The SMILES string of the molecule is C[NH+](C)CC[NH+](C)C.O.O.OB1O[B-]2(O)OB(O)O[B-]3(O)OB(O)O[B-](O)(O1)[O+]23.OB1O[B-]2(O)OB(O)O[B-]3(O)OB(O)O[B-](O)(O1)[O+]23.[Zn+2]. The summed E-state index contributed by atoms with van der Waals surface area (Å²) in [6.45, 7) is -21.1. The van der Waals surface area contributed by atoms with Crippen molar-refractivity contribution in [2.45, 2.75) is 0 Å². The zero-order valence-electron chi connectivity index (χ0n) is 26.1. The molecular weight excluding hydrogens is 743 g/mol. The van der Waals surface area contributed by atoms with Gasteiger partial charge in [0.1, 0.15) is 13.1 Å². The third-order valence-corrected chi connectivity index (χ3v) is 6.65. The smallest absolute Gasteiger partial charge is 0.981 e. The summed E-state index contributed by atoms with van der Waals surface area (Å²) in [4.78, 5) is 3.07. The summed E-state index contributed by atoms with van der Waals surface area (Å²) in [5.41, 5.74) is 0. The van der Waals surface area contributed by atoms with E-state index in [4.69, 9.17) is 0 Å². The number of likely N-dealkylation sites (N-methyl/N-ethyl adjacent to an activating group) is 2. The molecule has 0 amide bonds. The molecule has 0 radical (unpaired) electrons. The second kappa shape index (κ2) is 16.7. The fourth-order valence-electron chi connectivity index (χ4n) is 4.72. The Morgan fingerprint density at radius 1 is 0.388 bits per heavy atom. The third kappa shape index (κ3) is 10.0. The van der Waals surface area contributed by atoms with Gasteiger partial charge in [-0.25, -0.2) is 0 Å². The molecule has 30 nitrogen and oxygen atoms in total. The first kappa shape index (κ1) is 47.2. The molecule has 6 rings (SSSR count). The maximum absolute atomic E-state index is 9.95. The van der Waals surface area contributed by atoms with Crippen LogP contribution in [0.15, 0.2) is 0 Å². The molecule has 0 aromatic rings. The Morgan fingerprint density at radius 3 is 0.612 bits per heavy atom. The first-order valence-corrected chi connectivity index (χ1v) is 13.4. The molecule has 6 aliphatic heterocycles. The maximum atomic E-state index is 9.95. The Morgan fingerprint density at radius 2 is 0.510 bits per heavy atom. The molecule has 49 heavy (non-hydrogen) atoms. The molecule has 6 aliphatic rings. The van der Waals surface area contributed by atoms with Crippen LogP contribution in [0.25, 0.3) is 0 Å². The first-order chi connectivity index (χ1) is 21.0. The van der Waals surface area contributed by atoms with Crippen molar-refractivity contribution in [3.8, 4) is 0 Å². The average Bonchev–Trinajstić information content (AvgIpc) is 2.77. The summed E-state index contributed by atoms with van der Waals surface area (Å²) in [5, 5.41) is 115. The van der Waals surface area contributed by atoms with Crippen LogP contribution in [0.3, 0.4) is 0 Å². The van der Waals surface area contributed by atoms with Crippen molar-refractivity contribution in [1.29, 1.82) is 0 Å². The monoisotopic (exact) mass is 778 g/mol. The molecule has 6 heterocycles. The number of rotatable bonds is 3. The number of quaternary nitrogens is 2. The maximum Gasteiger partial charge on any atom is 2.00 e. The van der Waals surface area contributed by atoms with Gasteiger partial charge in [0.05, 0.1) is 28.2 Å². The average molecular weight is 777 g/mol. The van der Waals surface area contributed by atoms with E-state index in [1.54, 1.807) is 0 Å². The molecule has 0 saturated carbocycles. The van der Waals surface area contributed by atoms with E-state index in [-0.39, 0.29) is 30.4 Å². The molecule has 0 aromatic heterocycles. The molecule has 6 fully saturated rings. The molecule has 274 valence electrons. The van der Waals surface area contributed by atoms with Gasteiger partial charge < -0.3 is 144 Å². The van der Waals surface area contributed by atoms with E-state index in [0.717, 1.165) is 8.24 Å². The van der Waals surface area contributed by atoms with Crippen LogP contribution < -0.4 is 9.80 Å². The van der Waals surface area contributed by atoms with Gasteiger partial charge in [0.25, 0.3) is 0 Å². The van der Waals surface area contributed by atoms with Crippen molar-refractivity contribution in [3.63, 3.8) is 0 Å². The van der Waals surface area contributed by atoms with Crippen LogP contribution in [0.2, 0.25) is 0 Å². The van der Waals surface area contributed by atoms with Gasteiger partial charge >= 0.3 is 105 Å². The van der Waals surface area contributed by atoms with Crippen molar-refractivity contribution in [2.24, 2.45) is 0 Å². The Kier molecular flexibility index (Phi) is 16.1. The van der Waals surface area contributed by atoms with Gasteiger partial charge in [0.15, 0.2) is 0 Å². The summed E-state index contributed by atoms with van der Waals surface area (Å²) in [7, 11) is -4.80. The Bertz CT molecular complexity index is 845. The van der Waals surface area contributed by atoms with Crippen molar-refractivity contribution in [1.82, 2.24) is 0 Å². The summed E-state index contributed by atoms with van der Waals surface area (Å²) in [5.74, 6) is 0. The Labute approximate surface area is 290 Å². The molecule has 0 spiro atoms. The Balaban J connectivity index is 0.000000385. The minimum absolute atomic E-state index is 0. The van der Waals surface area contributed by atoms with E-state index >= 15 is 0 Å². The van der Waals surface area contributed by atoms with Crippen LogP contribution in [0.1, 0.15) is 0 Å². The summed E-state index contributed by atoms with van der Waals surface area (Å²) in [6, 6.07) is 0. The van der Waals surface area contributed by atoms with Crippen LogP contribution in [0.4, 0.5) is 0 Å². The van der Waals surface area contributed by atoms with Gasteiger partial charge in [-0.15, -0.1) is 0 Å². The van der Waals surface area contributed by atoms with Crippen molar-refractivity contribution < 1.29 is 164 Å². The minimum Gasteiger partial charge on any atom is -0.981 e. The zero-order chi connectivity index (χ0) is 34.7. The number of hydrogen-bond donors (Lipinski definition) is 14. The topological polar surface area (TPSA) is 431 Å². The molecule has 0 aromatic carbocycles. The summed E-state index contributed by atoms with van der Waals surface area (Å²) < 4.78 is 54.9. The molecule has 0 unspecified atom stereocenters. The van der Waals surface area contributed by atoms with Crippen molar-refractivity contribution >= 4 is 85.7 Å². The second-order valence-corrected chi connectivity index (χ2v) is 10.8. The quantitative estimate of drug-likeness (QED) is 0.0934. The van der Waals surface area contributed by atoms with Gasteiger partial charge in [-0.05, 0) is 0 Å². The Hall–Kier alpha value is 0.203. The van der Waals surface area contributed by atoms with E-state index in [1.165, 1.54) is 22.9 Å². The van der Waals surface area contributed by atoms with E-state index in [1.807, 2.05) is 0 Å². The summed E-state index contributed by atoms with van der Waals surface area (Å²) >= 11 is 0. The van der Waals surface area contributed by atoms with Gasteiger partial charge in [-0.2, -0.15) is 0 Å². The molecule has 18 N–H and O–H groups in total. The fraction of sp³-hybridized carbons (Fsp3) is 1.00. The minimum atomic E-state index is -3.93.